The molecule has 0 atom stereocenters. The van der Waals surface area contributed by atoms with Crippen molar-refractivity contribution in [2.24, 2.45) is 5.92 Å². The van der Waals surface area contributed by atoms with Crippen molar-refractivity contribution in [1.82, 2.24) is 5.32 Å². The van der Waals surface area contributed by atoms with E-state index in [0.717, 1.165) is 6.42 Å². The molecule has 0 fully saturated rings. The third kappa shape index (κ3) is 5.16. The maximum atomic E-state index is 12.0. The Balaban J connectivity index is 3.10. The van der Waals surface area contributed by atoms with Crippen molar-refractivity contribution in [3.8, 4) is 5.75 Å². The van der Waals surface area contributed by atoms with E-state index in [1.54, 1.807) is 0 Å². The van der Waals surface area contributed by atoms with Gasteiger partial charge in [-0.05, 0) is 40.4 Å². The highest BCUT2D eigenvalue weighted by Gasteiger charge is 2.22. The molecule has 21 heavy (non-hydrogen) atoms. The molecule has 0 heterocycles. The fourth-order valence-corrected chi connectivity index (χ4v) is 3.43. The van der Waals surface area contributed by atoms with Crippen molar-refractivity contribution >= 4 is 41.6 Å². The number of hydrogen-bond acceptors (Lipinski definition) is 4. The largest absolute Gasteiger partial charge is 0.494 e. The number of nitrogens with one attached hydrogen (secondary N) is 1. The van der Waals surface area contributed by atoms with Gasteiger partial charge in [0, 0.05) is 22.8 Å². The minimum Gasteiger partial charge on any atom is -0.494 e. The van der Waals surface area contributed by atoms with E-state index in [1.165, 1.54) is 19.2 Å². The lowest BCUT2D eigenvalue weighted by Gasteiger charge is -2.12. The highest BCUT2D eigenvalue weighted by molar-refractivity contribution is 9.10. The van der Waals surface area contributed by atoms with Crippen LogP contribution in [0.25, 0.3) is 0 Å². The highest BCUT2D eigenvalue weighted by atomic mass is 79.9. The maximum absolute atomic E-state index is 12.0. The first-order chi connectivity index (χ1) is 9.66. The summed E-state index contributed by atoms with van der Waals surface area (Å²) in [4.78, 5) is 11.8. The number of halogens is 2. The first-order valence-corrected chi connectivity index (χ1v) is 9.37. The first kappa shape index (κ1) is 18.3. The van der Waals surface area contributed by atoms with Gasteiger partial charge < -0.3 is 10.1 Å². The zero-order chi connectivity index (χ0) is 16.2. The summed E-state index contributed by atoms with van der Waals surface area (Å²) in [6.45, 7) is 4.62. The van der Waals surface area contributed by atoms with Gasteiger partial charge >= 0.3 is 0 Å². The van der Waals surface area contributed by atoms with Crippen LogP contribution in [0.15, 0.2) is 21.5 Å². The number of carbonyl (C=O) groups is 1. The second kappa shape index (κ2) is 7.47. The second-order valence-corrected chi connectivity index (χ2v) is 8.25. The van der Waals surface area contributed by atoms with Crippen molar-refractivity contribution in [1.29, 1.82) is 0 Å². The van der Waals surface area contributed by atoms with Crippen LogP contribution in [0, 0.1) is 5.92 Å². The molecule has 1 aromatic rings. The van der Waals surface area contributed by atoms with Crippen molar-refractivity contribution in [2.75, 3.05) is 13.7 Å². The summed E-state index contributed by atoms with van der Waals surface area (Å²) in [5.41, 5.74) is 0.200. The van der Waals surface area contributed by atoms with E-state index in [1.807, 2.05) is 13.8 Å². The zero-order valence-corrected chi connectivity index (χ0v) is 15.1. The first-order valence-electron chi connectivity index (χ1n) is 6.27. The van der Waals surface area contributed by atoms with Crippen LogP contribution in [-0.4, -0.2) is 28.0 Å². The predicted octanol–water partition coefficient (Wildman–Crippen LogP) is 3.16. The van der Waals surface area contributed by atoms with Crippen LogP contribution in [0.5, 0.6) is 5.75 Å². The SMILES string of the molecule is COc1c(Br)cc(C(=O)NCCC(C)C)cc1S(=O)(=O)Cl. The van der Waals surface area contributed by atoms with Crippen molar-refractivity contribution in [2.45, 2.75) is 25.2 Å². The molecule has 8 heteroatoms. The molecule has 0 spiro atoms. The van der Waals surface area contributed by atoms with Crippen molar-refractivity contribution < 1.29 is 17.9 Å². The minimum absolute atomic E-state index is 0.0729. The maximum Gasteiger partial charge on any atom is 0.265 e. The zero-order valence-electron chi connectivity index (χ0n) is 11.9. The molecule has 1 amide bonds. The molecule has 1 N–H and O–H groups in total. The molecule has 0 saturated heterocycles. The number of carbonyl (C=O) groups excluding carboxylic acids is 1. The molecule has 0 saturated carbocycles. The van der Waals surface area contributed by atoms with Gasteiger partial charge in [0.2, 0.25) is 0 Å². The summed E-state index contributed by atoms with van der Waals surface area (Å²) in [5.74, 6) is 0.177. The molecule has 1 rings (SSSR count). The van der Waals surface area contributed by atoms with E-state index in [9.17, 15) is 13.2 Å². The number of ether oxygens (including phenoxy) is 1. The molecule has 0 aliphatic heterocycles. The lowest BCUT2D eigenvalue weighted by Crippen LogP contribution is -2.25. The quantitative estimate of drug-likeness (QED) is 0.747. The minimum atomic E-state index is -4.02. The Labute approximate surface area is 137 Å². The van der Waals surface area contributed by atoms with E-state index in [4.69, 9.17) is 15.4 Å². The van der Waals surface area contributed by atoms with Gasteiger partial charge in [-0.25, -0.2) is 8.42 Å². The van der Waals surface area contributed by atoms with Gasteiger partial charge in [-0.2, -0.15) is 0 Å². The smallest absolute Gasteiger partial charge is 0.265 e. The Morgan fingerprint density at radius 2 is 2.05 bits per heavy atom. The monoisotopic (exact) mass is 397 g/mol. The van der Waals surface area contributed by atoms with Crippen LogP contribution in [0.2, 0.25) is 0 Å². The van der Waals surface area contributed by atoms with E-state index >= 15 is 0 Å². The molecule has 0 unspecified atom stereocenters. The topological polar surface area (TPSA) is 72.5 Å². The molecule has 0 bridgehead atoms. The Morgan fingerprint density at radius 3 is 2.52 bits per heavy atom. The van der Waals surface area contributed by atoms with Crippen LogP contribution in [0.3, 0.4) is 0 Å². The number of benzene rings is 1. The average molecular weight is 399 g/mol. The lowest BCUT2D eigenvalue weighted by atomic mass is 10.1. The van der Waals surface area contributed by atoms with Gasteiger partial charge in [0.05, 0.1) is 11.6 Å². The van der Waals surface area contributed by atoms with Gasteiger partial charge in [0.15, 0.2) is 5.75 Å². The van der Waals surface area contributed by atoms with E-state index in [2.05, 4.69) is 21.2 Å². The predicted molar refractivity (Wildman–Crippen MR) is 85.5 cm³/mol. The summed E-state index contributed by atoms with van der Waals surface area (Å²) in [6.07, 6.45) is 0.837. The molecule has 118 valence electrons. The molecule has 5 nitrogen and oxygen atoms in total. The Morgan fingerprint density at radius 1 is 1.43 bits per heavy atom. The summed E-state index contributed by atoms with van der Waals surface area (Å²) in [7, 11) is 2.68. The fourth-order valence-electron chi connectivity index (χ4n) is 1.65. The Kier molecular flexibility index (Phi) is 6.49. The van der Waals surface area contributed by atoms with E-state index in [-0.39, 0.29) is 22.1 Å². The summed E-state index contributed by atoms with van der Waals surface area (Å²) in [5, 5.41) is 2.74. The Hall–Kier alpha value is -0.790. The molecule has 0 aromatic heterocycles. The molecular weight excluding hydrogens is 382 g/mol. The van der Waals surface area contributed by atoms with Crippen LogP contribution in [0.4, 0.5) is 0 Å². The van der Waals surface area contributed by atoms with Crippen molar-refractivity contribution in [3.05, 3.63) is 22.2 Å². The van der Waals surface area contributed by atoms with Gasteiger partial charge in [0.25, 0.3) is 15.0 Å². The van der Waals surface area contributed by atoms with Crippen molar-refractivity contribution in [3.63, 3.8) is 0 Å². The lowest BCUT2D eigenvalue weighted by molar-refractivity contribution is 0.0951. The summed E-state index contributed by atoms with van der Waals surface area (Å²) in [6, 6.07) is 2.70. The Bertz CT molecular complexity index is 631. The van der Waals surface area contributed by atoms with Crippen LogP contribution >= 0.6 is 26.6 Å². The third-order valence-corrected chi connectivity index (χ3v) is 4.66. The van der Waals surface area contributed by atoms with E-state index < -0.39 is 9.05 Å². The van der Waals surface area contributed by atoms with Gasteiger partial charge in [-0.1, -0.05) is 13.8 Å². The summed E-state index contributed by atoms with van der Waals surface area (Å²) >= 11 is 3.18. The molecule has 0 radical (unpaired) electrons. The second-order valence-electron chi connectivity index (χ2n) is 4.87. The molecular formula is C13H17BrClNO4S. The van der Waals surface area contributed by atoms with Crippen LogP contribution in [0.1, 0.15) is 30.6 Å². The van der Waals surface area contributed by atoms with E-state index in [0.29, 0.717) is 16.9 Å². The molecule has 1 aromatic carbocycles. The number of amides is 1. The van der Waals surface area contributed by atoms with Crippen LogP contribution < -0.4 is 10.1 Å². The average Bonchev–Trinajstić information content (AvgIpc) is 2.36. The fraction of sp³-hybridized carbons (Fsp3) is 0.462. The normalized spacial score (nSPS) is 11.5. The standard InChI is InChI=1S/C13H17BrClNO4S/c1-8(2)4-5-16-13(17)9-6-10(14)12(20-3)11(7-9)21(15,18)19/h6-8H,4-5H2,1-3H3,(H,16,17). The van der Waals surface area contributed by atoms with Crippen LogP contribution in [-0.2, 0) is 9.05 Å². The highest BCUT2D eigenvalue weighted by Crippen LogP contribution is 2.35. The summed E-state index contributed by atoms with van der Waals surface area (Å²) < 4.78 is 28.5. The van der Waals surface area contributed by atoms with Gasteiger partial charge in [-0.15, -0.1) is 0 Å². The third-order valence-electron chi connectivity index (χ3n) is 2.75. The molecule has 0 aliphatic carbocycles. The van der Waals surface area contributed by atoms with Gasteiger partial charge in [0.1, 0.15) is 4.90 Å². The molecule has 0 aliphatic rings. The number of methoxy groups -OCH3 is 1. The number of rotatable bonds is 6. The number of hydrogen-bond donors (Lipinski definition) is 1. The van der Waals surface area contributed by atoms with Gasteiger partial charge in [-0.3, -0.25) is 4.79 Å².